The number of rotatable bonds is 12. The highest BCUT2D eigenvalue weighted by molar-refractivity contribution is 7.17. The summed E-state index contributed by atoms with van der Waals surface area (Å²) >= 11 is 1.24. The lowest BCUT2D eigenvalue weighted by Crippen LogP contribution is -2.52. The predicted octanol–water partition coefficient (Wildman–Crippen LogP) is 4.34. The molecule has 1 saturated heterocycles. The lowest BCUT2D eigenvalue weighted by Gasteiger charge is -2.24. The van der Waals surface area contributed by atoms with Crippen LogP contribution in [0.2, 0.25) is 0 Å². The van der Waals surface area contributed by atoms with Gasteiger partial charge in [0, 0.05) is 18.7 Å². The van der Waals surface area contributed by atoms with E-state index in [0.29, 0.717) is 19.4 Å². The topological polar surface area (TPSA) is 126 Å². The van der Waals surface area contributed by atoms with E-state index in [0.717, 1.165) is 16.0 Å². The normalized spacial score (nSPS) is 16.2. The molecule has 210 valence electrons. The maximum absolute atomic E-state index is 13.6. The zero-order chi connectivity index (χ0) is 28.5. The minimum absolute atomic E-state index is 0.0639. The van der Waals surface area contributed by atoms with E-state index in [9.17, 15) is 19.2 Å². The third-order valence-electron chi connectivity index (χ3n) is 6.62. The Labute approximate surface area is 237 Å². The number of thiazole rings is 1. The van der Waals surface area contributed by atoms with Gasteiger partial charge in [-0.1, -0.05) is 74.5 Å². The predicted molar refractivity (Wildman–Crippen MR) is 153 cm³/mol. The van der Waals surface area contributed by atoms with E-state index in [-0.39, 0.29) is 35.6 Å². The smallest absolute Gasteiger partial charge is 0.408 e. The molecule has 10 heteroatoms. The maximum atomic E-state index is 13.6. The first-order valence-electron chi connectivity index (χ1n) is 13.4. The second kappa shape index (κ2) is 13.8. The number of hydrogen-bond acceptors (Lipinski definition) is 7. The molecule has 2 heterocycles. The first kappa shape index (κ1) is 28.9. The summed E-state index contributed by atoms with van der Waals surface area (Å²) in [7, 11) is 0. The van der Waals surface area contributed by atoms with Crippen molar-refractivity contribution in [1.82, 2.24) is 20.9 Å². The highest BCUT2D eigenvalue weighted by atomic mass is 32.1. The number of nitrogens with zero attached hydrogens (tertiary/aromatic N) is 1. The van der Waals surface area contributed by atoms with Gasteiger partial charge in [0.15, 0.2) is 5.01 Å². The standard InChI is InChI=1S/C30H34N4O5S/c1-19(2)15-24(34-30(38)39-18-20-9-5-3-6-10-20)28(37)33-23(16-22-13-14-31-27(22)36)26(35)29-32-17-25(40-29)21-11-7-4-8-12-21/h3-12,17,19,22-24H,13-16,18H2,1-2H3,(H,31,36)(H,33,37)(H,34,38)/t22-,23-,24-/m0/s1. The molecule has 40 heavy (non-hydrogen) atoms. The molecule has 1 aliphatic rings. The van der Waals surface area contributed by atoms with Crippen LogP contribution in [0.15, 0.2) is 66.9 Å². The van der Waals surface area contributed by atoms with Crippen LogP contribution < -0.4 is 16.0 Å². The zero-order valence-electron chi connectivity index (χ0n) is 22.6. The monoisotopic (exact) mass is 562 g/mol. The van der Waals surface area contributed by atoms with Gasteiger partial charge >= 0.3 is 6.09 Å². The van der Waals surface area contributed by atoms with E-state index in [1.165, 1.54) is 11.3 Å². The molecule has 3 amide bonds. The number of ether oxygens (including phenoxy) is 1. The molecule has 0 radical (unpaired) electrons. The highest BCUT2D eigenvalue weighted by Crippen LogP contribution is 2.28. The fourth-order valence-electron chi connectivity index (χ4n) is 4.54. The second-order valence-corrected chi connectivity index (χ2v) is 11.3. The molecular weight excluding hydrogens is 528 g/mol. The van der Waals surface area contributed by atoms with Crippen molar-refractivity contribution in [3.8, 4) is 10.4 Å². The van der Waals surface area contributed by atoms with E-state index in [1.807, 2.05) is 74.5 Å². The summed E-state index contributed by atoms with van der Waals surface area (Å²) in [5.74, 6) is -1.35. The number of carbonyl (C=O) groups excluding carboxylic acids is 4. The molecule has 0 aliphatic carbocycles. The van der Waals surface area contributed by atoms with E-state index in [2.05, 4.69) is 20.9 Å². The summed E-state index contributed by atoms with van der Waals surface area (Å²) in [5.41, 5.74) is 1.76. The van der Waals surface area contributed by atoms with Crippen molar-refractivity contribution >= 4 is 35.0 Å². The number of alkyl carbamates (subject to hydrolysis) is 1. The van der Waals surface area contributed by atoms with Gasteiger partial charge in [0.1, 0.15) is 12.6 Å². The molecule has 1 fully saturated rings. The Kier molecular flexibility index (Phi) is 10.0. The minimum atomic E-state index is -0.979. The van der Waals surface area contributed by atoms with Crippen molar-refractivity contribution in [2.45, 2.75) is 51.8 Å². The van der Waals surface area contributed by atoms with Crippen LogP contribution in [0.25, 0.3) is 10.4 Å². The molecule has 1 aliphatic heterocycles. The Bertz CT molecular complexity index is 1310. The van der Waals surface area contributed by atoms with Crippen LogP contribution >= 0.6 is 11.3 Å². The van der Waals surface area contributed by atoms with Gasteiger partial charge in [-0.2, -0.15) is 0 Å². The fourth-order valence-corrected chi connectivity index (χ4v) is 5.46. The van der Waals surface area contributed by atoms with Crippen LogP contribution in [0.3, 0.4) is 0 Å². The molecule has 0 unspecified atom stereocenters. The number of carbonyl (C=O) groups is 4. The lowest BCUT2D eigenvalue weighted by molar-refractivity contribution is -0.125. The SMILES string of the molecule is CC(C)C[C@H](NC(=O)OCc1ccccc1)C(=O)N[C@@H](C[C@@H]1CCNC1=O)C(=O)c1ncc(-c2ccccc2)s1. The van der Waals surface area contributed by atoms with Gasteiger partial charge in [0.25, 0.3) is 0 Å². The lowest BCUT2D eigenvalue weighted by atomic mass is 9.95. The summed E-state index contributed by atoms with van der Waals surface area (Å²) in [4.78, 5) is 57.2. The molecule has 2 aromatic carbocycles. The Hall–Kier alpha value is -4.05. The van der Waals surface area contributed by atoms with Crippen LogP contribution in [0.4, 0.5) is 4.79 Å². The fraction of sp³-hybridized carbons (Fsp3) is 0.367. The van der Waals surface area contributed by atoms with Crippen molar-refractivity contribution in [3.05, 3.63) is 77.4 Å². The van der Waals surface area contributed by atoms with Gasteiger partial charge in [-0.15, -0.1) is 11.3 Å². The van der Waals surface area contributed by atoms with Gasteiger partial charge in [0.05, 0.1) is 10.9 Å². The number of amides is 3. The molecule has 9 nitrogen and oxygen atoms in total. The van der Waals surface area contributed by atoms with Gasteiger partial charge in [-0.05, 0) is 36.3 Å². The maximum Gasteiger partial charge on any atom is 0.408 e. The van der Waals surface area contributed by atoms with Crippen LogP contribution in [-0.2, 0) is 20.9 Å². The van der Waals surface area contributed by atoms with Crippen LogP contribution in [0, 0.1) is 11.8 Å². The summed E-state index contributed by atoms with van der Waals surface area (Å²) in [6, 6.07) is 16.9. The van der Waals surface area contributed by atoms with Crippen molar-refractivity contribution in [3.63, 3.8) is 0 Å². The summed E-state index contributed by atoms with van der Waals surface area (Å²) in [6.45, 7) is 4.46. The van der Waals surface area contributed by atoms with E-state index >= 15 is 0 Å². The summed E-state index contributed by atoms with van der Waals surface area (Å²) < 4.78 is 5.32. The third kappa shape index (κ3) is 7.98. The third-order valence-corrected chi connectivity index (χ3v) is 7.68. The number of hydrogen-bond donors (Lipinski definition) is 3. The van der Waals surface area contributed by atoms with Gasteiger partial charge in [0.2, 0.25) is 17.6 Å². The zero-order valence-corrected chi connectivity index (χ0v) is 23.4. The quantitative estimate of drug-likeness (QED) is 0.282. The van der Waals surface area contributed by atoms with Gasteiger partial charge in [-0.3, -0.25) is 14.4 Å². The Balaban J connectivity index is 1.48. The van der Waals surface area contributed by atoms with Crippen molar-refractivity contribution in [2.24, 2.45) is 11.8 Å². The average Bonchev–Trinajstić information content (AvgIpc) is 3.61. The highest BCUT2D eigenvalue weighted by Gasteiger charge is 2.34. The Morgan fingerprint density at radius 3 is 2.38 bits per heavy atom. The molecule has 3 aromatic rings. The molecule has 0 bridgehead atoms. The number of ketones is 1. The van der Waals surface area contributed by atoms with Crippen molar-refractivity contribution < 1.29 is 23.9 Å². The van der Waals surface area contributed by atoms with Gasteiger partial charge in [-0.25, -0.2) is 9.78 Å². The Morgan fingerprint density at radius 1 is 1.02 bits per heavy atom. The van der Waals surface area contributed by atoms with E-state index in [4.69, 9.17) is 4.74 Å². The van der Waals surface area contributed by atoms with E-state index < -0.39 is 30.0 Å². The largest absolute Gasteiger partial charge is 0.445 e. The van der Waals surface area contributed by atoms with Crippen molar-refractivity contribution in [1.29, 1.82) is 0 Å². The first-order valence-corrected chi connectivity index (χ1v) is 14.2. The first-order chi connectivity index (χ1) is 19.3. The number of benzene rings is 2. The van der Waals surface area contributed by atoms with E-state index in [1.54, 1.807) is 6.20 Å². The number of nitrogens with one attached hydrogen (secondary N) is 3. The minimum Gasteiger partial charge on any atom is -0.445 e. The van der Waals surface area contributed by atoms with Crippen LogP contribution in [0.5, 0.6) is 0 Å². The molecule has 0 saturated carbocycles. The summed E-state index contributed by atoms with van der Waals surface area (Å²) in [6.07, 6.45) is 1.97. The van der Waals surface area contributed by atoms with Crippen LogP contribution in [0.1, 0.15) is 48.5 Å². The van der Waals surface area contributed by atoms with Gasteiger partial charge < -0.3 is 20.7 Å². The molecule has 4 rings (SSSR count). The molecule has 3 N–H and O–H groups in total. The molecule has 1 aromatic heterocycles. The molecular formula is C30H34N4O5S. The number of Topliss-reactive ketones (excluding diaryl/α,β-unsaturated/α-hetero) is 1. The molecule has 0 spiro atoms. The van der Waals surface area contributed by atoms with Crippen molar-refractivity contribution in [2.75, 3.05) is 6.54 Å². The molecule has 3 atom stereocenters. The van der Waals surface area contributed by atoms with Crippen LogP contribution in [-0.4, -0.2) is 47.3 Å². The second-order valence-electron chi connectivity index (χ2n) is 10.2. The average molecular weight is 563 g/mol. The summed E-state index contributed by atoms with van der Waals surface area (Å²) in [5, 5.41) is 8.51. The Morgan fingerprint density at radius 2 is 1.73 bits per heavy atom. The number of aromatic nitrogens is 1.